The molecule has 0 atom stereocenters. The molecular formula is C36H48N2O2. The van der Waals surface area contributed by atoms with Crippen LogP contribution in [-0.2, 0) is 10.8 Å². The van der Waals surface area contributed by atoms with Crippen LogP contribution < -0.4 is 0 Å². The molecule has 4 nitrogen and oxygen atoms in total. The van der Waals surface area contributed by atoms with Gasteiger partial charge in [0.25, 0.3) is 0 Å². The minimum absolute atomic E-state index is 0.0551. The number of hydrogen-bond acceptors (Lipinski definition) is 4. The summed E-state index contributed by atoms with van der Waals surface area (Å²) in [6, 6.07) is 15.9. The van der Waals surface area contributed by atoms with Crippen LogP contribution in [0.3, 0.4) is 0 Å². The molecular weight excluding hydrogens is 492 g/mol. The Bertz CT molecular complexity index is 1240. The minimum atomic E-state index is -0.0551. The predicted octanol–water partition coefficient (Wildman–Crippen LogP) is 10.2. The van der Waals surface area contributed by atoms with Crippen molar-refractivity contribution < 1.29 is 10.2 Å². The van der Waals surface area contributed by atoms with Crippen molar-refractivity contribution in [2.75, 3.05) is 0 Å². The topological polar surface area (TPSA) is 65.2 Å². The summed E-state index contributed by atoms with van der Waals surface area (Å²) in [6.45, 7) is 17.3. The van der Waals surface area contributed by atoms with Crippen LogP contribution in [-0.4, -0.2) is 22.6 Å². The molecule has 2 N–H and O–H groups in total. The Morgan fingerprint density at radius 1 is 0.575 bits per heavy atom. The van der Waals surface area contributed by atoms with E-state index in [-0.39, 0.29) is 10.8 Å². The summed E-state index contributed by atoms with van der Waals surface area (Å²) in [6.07, 6.45) is 9.29. The minimum Gasteiger partial charge on any atom is -0.507 e. The van der Waals surface area contributed by atoms with Gasteiger partial charge in [-0.05, 0) is 98.6 Å². The van der Waals surface area contributed by atoms with Crippen molar-refractivity contribution in [3.05, 3.63) is 81.9 Å². The average molecular weight is 541 g/mol. The molecule has 0 spiro atoms. The fourth-order valence-electron chi connectivity index (χ4n) is 6.22. The van der Waals surface area contributed by atoms with Gasteiger partial charge in [-0.2, -0.15) is 0 Å². The smallest absolute Gasteiger partial charge is 0.128 e. The summed E-state index contributed by atoms with van der Waals surface area (Å²) in [5.41, 5.74) is 6.93. The maximum atomic E-state index is 11.3. The molecule has 0 heterocycles. The second-order valence-electron chi connectivity index (χ2n) is 11.2. The van der Waals surface area contributed by atoms with Gasteiger partial charge in [-0.15, -0.1) is 0 Å². The van der Waals surface area contributed by atoms with Gasteiger partial charge in [-0.1, -0.05) is 65.8 Å². The number of rotatable bonds is 12. The third-order valence-corrected chi connectivity index (χ3v) is 9.34. The van der Waals surface area contributed by atoms with Crippen LogP contribution in [0.25, 0.3) is 0 Å². The number of aliphatic imine (C=N–C) groups is 2. The molecule has 3 aromatic rings. The predicted molar refractivity (Wildman–Crippen MR) is 172 cm³/mol. The molecule has 0 radical (unpaired) electrons. The van der Waals surface area contributed by atoms with Gasteiger partial charge in [-0.3, -0.25) is 9.98 Å². The van der Waals surface area contributed by atoms with Crippen molar-refractivity contribution in [2.24, 2.45) is 9.98 Å². The molecule has 0 saturated carbocycles. The van der Waals surface area contributed by atoms with E-state index in [1.165, 1.54) is 0 Å². The van der Waals surface area contributed by atoms with E-state index in [1.807, 2.05) is 36.4 Å². The molecule has 40 heavy (non-hydrogen) atoms. The first kappa shape index (κ1) is 31.1. The van der Waals surface area contributed by atoms with Gasteiger partial charge in [0.05, 0.1) is 11.4 Å². The van der Waals surface area contributed by atoms with Gasteiger partial charge < -0.3 is 10.2 Å². The SMILES string of the molecule is CCC(CC)(CC)c1cc(C)cc(C=Nc2ccccc2N=Cc2cc(C)cc(C(CC)(CC)CC)c2O)c1O. The van der Waals surface area contributed by atoms with Crippen LogP contribution in [0.5, 0.6) is 11.5 Å². The molecule has 0 aliphatic carbocycles. The first-order chi connectivity index (χ1) is 19.1. The van der Waals surface area contributed by atoms with E-state index in [0.29, 0.717) is 34.0 Å². The van der Waals surface area contributed by atoms with Crippen LogP contribution in [0.15, 0.2) is 58.5 Å². The van der Waals surface area contributed by atoms with Crippen LogP contribution in [0.1, 0.15) is 113 Å². The monoisotopic (exact) mass is 540 g/mol. The number of aryl methyl sites for hydroxylation is 2. The number of para-hydroxylation sites is 2. The fourth-order valence-corrected chi connectivity index (χ4v) is 6.22. The van der Waals surface area contributed by atoms with Gasteiger partial charge in [-0.25, -0.2) is 0 Å². The van der Waals surface area contributed by atoms with Crippen molar-refractivity contribution in [3.63, 3.8) is 0 Å². The fraction of sp³-hybridized carbons (Fsp3) is 0.444. The molecule has 214 valence electrons. The van der Waals surface area contributed by atoms with Gasteiger partial charge in [0.15, 0.2) is 0 Å². The number of phenolic OH excluding ortho intramolecular Hbond substituents is 2. The van der Waals surface area contributed by atoms with Gasteiger partial charge in [0.1, 0.15) is 11.5 Å². The maximum absolute atomic E-state index is 11.3. The summed E-state index contributed by atoms with van der Waals surface area (Å²) in [7, 11) is 0. The van der Waals surface area contributed by atoms with Crippen molar-refractivity contribution in [1.29, 1.82) is 0 Å². The summed E-state index contributed by atoms with van der Waals surface area (Å²) in [5, 5.41) is 22.6. The molecule has 0 amide bonds. The maximum Gasteiger partial charge on any atom is 0.128 e. The molecule has 0 unspecified atom stereocenters. The quantitative estimate of drug-likeness (QED) is 0.224. The van der Waals surface area contributed by atoms with E-state index in [2.05, 4.69) is 67.5 Å². The lowest BCUT2D eigenvalue weighted by molar-refractivity contribution is 0.357. The zero-order valence-corrected chi connectivity index (χ0v) is 25.8. The second kappa shape index (κ2) is 13.3. The number of aromatic hydroxyl groups is 2. The van der Waals surface area contributed by atoms with E-state index >= 15 is 0 Å². The van der Waals surface area contributed by atoms with Crippen LogP contribution in [0, 0.1) is 13.8 Å². The van der Waals surface area contributed by atoms with Crippen molar-refractivity contribution in [3.8, 4) is 11.5 Å². The lowest BCUT2D eigenvalue weighted by Gasteiger charge is -2.32. The van der Waals surface area contributed by atoms with E-state index < -0.39 is 0 Å². The van der Waals surface area contributed by atoms with Crippen molar-refractivity contribution in [2.45, 2.75) is 105 Å². The largest absolute Gasteiger partial charge is 0.507 e. The van der Waals surface area contributed by atoms with Crippen LogP contribution in [0.2, 0.25) is 0 Å². The lowest BCUT2D eigenvalue weighted by Crippen LogP contribution is -2.24. The molecule has 0 aliphatic heterocycles. The van der Waals surface area contributed by atoms with E-state index in [9.17, 15) is 10.2 Å². The third kappa shape index (κ3) is 6.16. The highest BCUT2D eigenvalue weighted by atomic mass is 16.3. The number of phenols is 2. The van der Waals surface area contributed by atoms with Gasteiger partial charge >= 0.3 is 0 Å². The Morgan fingerprint density at radius 3 is 1.20 bits per heavy atom. The van der Waals surface area contributed by atoms with Gasteiger partial charge in [0.2, 0.25) is 0 Å². The zero-order valence-electron chi connectivity index (χ0n) is 25.8. The number of hydrogen-bond donors (Lipinski definition) is 2. The Morgan fingerprint density at radius 2 is 0.900 bits per heavy atom. The zero-order chi connectivity index (χ0) is 29.5. The van der Waals surface area contributed by atoms with Gasteiger partial charge in [0, 0.05) is 34.7 Å². The van der Waals surface area contributed by atoms with E-state index in [4.69, 9.17) is 9.98 Å². The molecule has 0 bridgehead atoms. The number of benzene rings is 3. The molecule has 3 aromatic carbocycles. The Balaban J connectivity index is 2.03. The first-order valence-corrected chi connectivity index (χ1v) is 15.0. The number of nitrogens with zero attached hydrogens (tertiary/aromatic N) is 2. The molecule has 0 aromatic heterocycles. The lowest BCUT2D eigenvalue weighted by atomic mass is 9.72. The summed E-state index contributed by atoms with van der Waals surface area (Å²) in [4.78, 5) is 9.53. The Kier molecular flexibility index (Phi) is 10.4. The molecule has 4 heteroatoms. The standard InChI is InChI=1S/C36H48N2O2/c1-9-35(10-2,11-3)29-21-25(7)19-27(33(29)39)23-37-31-17-15-16-18-32(31)38-24-28-20-26(8)22-30(34(28)40)36(12-4,13-5)14-6/h15-24,39-40H,9-14H2,1-8H3. The van der Waals surface area contributed by atoms with Crippen LogP contribution in [0.4, 0.5) is 11.4 Å². The Hall–Kier alpha value is -3.40. The third-order valence-electron chi connectivity index (χ3n) is 9.34. The highest BCUT2D eigenvalue weighted by Gasteiger charge is 2.31. The summed E-state index contributed by atoms with van der Waals surface area (Å²) < 4.78 is 0. The molecule has 3 rings (SSSR count). The molecule has 0 aliphatic rings. The van der Waals surface area contributed by atoms with E-state index in [1.54, 1.807) is 12.4 Å². The normalized spacial score (nSPS) is 12.6. The van der Waals surface area contributed by atoms with Crippen molar-refractivity contribution in [1.82, 2.24) is 0 Å². The Labute approximate surface area is 241 Å². The van der Waals surface area contributed by atoms with Crippen molar-refractivity contribution >= 4 is 23.8 Å². The first-order valence-electron chi connectivity index (χ1n) is 15.0. The average Bonchev–Trinajstić information content (AvgIpc) is 2.97. The molecule has 0 fully saturated rings. The second-order valence-corrected chi connectivity index (χ2v) is 11.2. The summed E-state index contributed by atoms with van der Waals surface area (Å²) in [5.74, 6) is 0.619. The molecule has 0 saturated heterocycles. The van der Waals surface area contributed by atoms with Crippen LogP contribution >= 0.6 is 0 Å². The van der Waals surface area contributed by atoms with E-state index in [0.717, 1.165) is 60.8 Å². The highest BCUT2D eigenvalue weighted by Crippen LogP contribution is 2.43. The highest BCUT2D eigenvalue weighted by molar-refractivity contribution is 5.90. The summed E-state index contributed by atoms with van der Waals surface area (Å²) >= 11 is 0.